The summed E-state index contributed by atoms with van der Waals surface area (Å²) in [6.45, 7) is 4.23. The summed E-state index contributed by atoms with van der Waals surface area (Å²) in [5.41, 5.74) is 1.15. The van der Waals surface area contributed by atoms with Gasteiger partial charge in [0.05, 0.1) is 5.02 Å². The summed E-state index contributed by atoms with van der Waals surface area (Å²) in [5, 5.41) is 4.02. The Morgan fingerprint density at radius 2 is 2.00 bits per heavy atom. The van der Waals surface area contributed by atoms with Crippen molar-refractivity contribution in [3.63, 3.8) is 0 Å². The summed E-state index contributed by atoms with van der Waals surface area (Å²) in [7, 11) is 0. The summed E-state index contributed by atoms with van der Waals surface area (Å²) < 4.78 is 14.7. The Morgan fingerprint density at radius 3 is 2.67 bits per heavy atom. The van der Waals surface area contributed by atoms with Crippen molar-refractivity contribution >= 4 is 27.5 Å². The van der Waals surface area contributed by atoms with E-state index < -0.39 is 0 Å². The van der Waals surface area contributed by atoms with Crippen molar-refractivity contribution in [1.29, 1.82) is 0 Å². The number of halogens is 3. The monoisotopic (exact) mass is 375 g/mol. The average Bonchev–Trinajstić information content (AvgIpc) is 2.91. The van der Waals surface area contributed by atoms with Crippen LogP contribution in [0.15, 0.2) is 16.6 Å². The van der Waals surface area contributed by atoms with Crippen molar-refractivity contribution in [2.24, 2.45) is 5.41 Å². The molecule has 1 aromatic rings. The molecule has 0 unspecified atom stereocenters. The molecule has 1 nitrogen and oxygen atoms in total. The lowest BCUT2D eigenvalue weighted by Crippen LogP contribution is -2.25. The number of hydrogen-bond acceptors (Lipinski definition) is 1. The van der Waals surface area contributed by atoms with Crippen molar-refractivity contribution in [1.82, 2.24) is 5.32 Å². The largest absolute Gasteiger partial charge is 0.317 e. The Hall–Kier alpha value is -0.120. The predicted molar refractivity (Wildman–Crippen MR) is 91.5 cm³/mol. The molecule has 0 amide bonds. The highest BCUT2D eigenvalue weighted by atomic mass is 79.9. The lowest BCUT2D eigenvalue weighted by atomic mass is 9.77. The van der Waals surface area contributed by atoms with Crippen LogP contribution in [-0.4, -0.2) is 13.1 Å². The van der Waals surface area contributed by atoms with Gasteiger partial charge in [0.25, 0.3) is 0 Å². The van der Waals surface area contributed by atoms with E-state index in [1.165, 1.54) is 38.2 Å². The minimum atomic E-state index is -0.147. The summed E-state index contributed by atoms with van der Waals surface area (Å²) in [4.78, 5) is 0. The normalized spacial score (nSPS) is 17.3. The van der Waals surface area contributed by atoms with Gasteiger partial charge in [0, 0.05) is 4.47 Å². The second-order valence-electron chi connectivity index (χ2n) is 6.17. The first-order valence-corrected chi connectivity index (χ1v) is 9.07. The molecule has 0 saturated heterocycles. The molecular formula is C17H24BrClFN. The quantitative estimate of drug-likeness (QED) is 0.473. The lowest BCUT2D eigenvalue weighted by molar-refractivity contribution is 0.245. The van der Waals surface area contributed by atoms with Crippen molar-refractivity contribution in [3.8, 4) is 0 Å². The summed E-state index contributed by atoms with van der Waals surface area (Å²) in [6, 6.07) is 3.26. The molecular weight excluding hydrogens is 353 g/mol. The van der Waals surface area contributed by atoms with Crippen LogP contribution in [-0.2, 0) is 6.42 Å². The lowest BCUT2D eigenvalue weighted by Gasteiger charge is -2.29. The fraction of sp³-hybridized carbons (Fsp3) is 0.647. The first-order chi connectivity index (χ1) is 10.1. The molecule has 1 N–H and O–H groups in total. The highest BCUT2D eigenvalue weighted by Crippen LogP contribution is 2.44. The van der Waals surface area contributed by atoms with E-state index >= 15 is 0 Å². The van der Waals surface area contributed by atoms with Crippen LogP contribution in [0.25, 0.3) is 0 Å². The van der Waals surface area contributed by atoms with Crippen molar-refractivity contribution in [3.05, 3.63) is 33.0 Å². The molecule has 1 aliphatic rings. The molecule has 1 fully saturated rings. The van der Waals surface area contributed by atoms with Gasteiger partial charge in [-0.2, -0.15) is 0 Å². The Balaban J connectivity index is 2.00. The summed E-state index contributed by atoms with van der Waals surface area (Å²) in [6.07, 6.45) is 8.24. The van der Waals surface area contributed by atoms with Crippen molar-refractivity contribution in [2.75, 3.05) is 13.1 Å². The van der Waals surface area contributed by atoms with Crippen LogP contribution < -0.4 is 5.32 Å². The molecule has 0 radical (unpaired) electrons. The molecule has 0 spiro atoms. The van der Waals surface area contributed by atoms with Gasteiger partial charge in [-0.05, 0) is 84.2 Å². The maximum atomic E-state index is 14.0. The minimum absolute atomic E-state index is 0.147. The van der Waals surface area contributed by atoms with Crippen LogP contribution in [0.3, 0.4) is 0 Å². The third kappa shape index (κ3) is 4.67. The molecule has 2 rings (SSSR count). The van der Waals surface area contributed by atoms with Crippen LogP contribution in [0.2, 0.25) is 5.02 Å². The van der Waals surface area contributed by atoms with Crippen LogP contribution in [0.1, 0.15) is 51.0 Å². The zero-order chi connectivity index (χ0) is 15.3. The van der Waals surface area contributed by atoms with Gasteiger partial charge in [-0.15, -0.1) is 0 Å². The molecule has 0 bridgehead atoms. The fourth-order valence-corrected chi connectivity index (χ4v) is 3.94. The highest BCUT2D eigenvalue weighted by molar-refractivity contribution is 9.10. The molecule has 4 heteroatoms. The van der Waals surface area contributed by atoms with Gasteiger partial charge in [-0.3, -0.25) is 0 Å². The number of rotatable bonds is 7. The molecule has 21 heavy (non-hydrogen) atoms. The fourth-order valence-electron chi connectivity index (χ4n) is 3.44. The van der Waals surface area contributed by atoms with E-state index in [0.29, 0.717) is 14.9 Å². The summed E-state index contributed by atoms with van der Waals surface area (Å²) in [5.74, 6) is -0.147. The van der Waals surface area contributed by atoms with E-state index in [4.69, 9.17) is 11.6 Å². The van der Waals surface area contributed by atoms with Gasteiger partial charge in [-0.1, -0.05) is 31.4 Å². The van der Waals surface area contributed by atoms with Crippen LogP contribution in [0, 0.1) is 11.2 Å². The molecule has 1 aliphatic carbocycles. The van der Waals surface area contributed by atoms with E-state index in [0.717, 1.165) is 31.5 Å². The second kappa shape index (κ2) is 7.94. The van der Waals surface area contributed by atoms with E-state index in [1.54, 1.807) is 6.07 Å². The molecule has 0 aromatic heterocycles. The number of aryl methyl sites for hydroxylation is 1. The minimum Gasteiger partial charge on any atom is -0.317 e. The van der Waals surface area contributed by atoms with Gasteiger partial charge in [0.1, 0.15) is 5.82 Å². The van der Waals surface area contributed by atoms with E-state index in [1.807, 2.05) is 0 Å². The molecule has 1 aromatic carbocycles. The zero-order valence-electron chi connectivity index (χ0n) is 12.7. The van der Waals surface area contributed by atoms with Gasteiger partial charge in [0.2, 0.25) is 0 Å². The van der Waals surface area contributed by atoms with Crippen LogP contribution in [0.5, 0.6) is 0 Å². The van der Waals surface area contributed by atoms with Crippen LogP contribution >= 0.6 is 27.5 Å². The zero-order valence-corrected chi connectivity index (χ0v) is 15.0. The van der Waals surface area contributed by atoms with Crippen LogP contribution in [0.4, 0.5) is 4.39 Å². The SMILES string of the molecule is CCNCCC1(CCc2cc(Cl)c(Br)cc2F)CCCC1. The van der Waals surface area contributed by atoms with Crippen molar-refractivity contribution < 1.29 is 4.39 Å². The first-order valence-electron chi connectivity index (χ1n) is 7.90. The molecule has 0 atom stereocenters. The standard InChI is InChI=1S/C17H24BrClFN/c1-2-21-10-9-17(6-3-4-7-17)8-5-13-11-15(19)14(18)12-16(13)20/h11-12,21H,2-10H2,1H3. The van der Waals surface area contributed by atoms with Gasteiger partial charge < -0.3 is 5.32 Å². The Labute approximate surface area is 140 Å². The highest BCUT2D eigenvalue weighted by Gasteiger charge is 2.33. The average molecular weight is 377 g/mol. The molecule has 118 valence electrons. The molecule has 1 saturated carbocycles. The first kappa shape index (κ1) is 17.2. The van der Waals surface area contributed by atoms with Gasteiger partial charge >= 0.3 is 0 Å². The Kier molecular flexibility index (Phi) is 6.51. The van der Waals surface area contributed by atoms with E-state index in [2.05, 4.69) is 28.2 Å². The smallest absolute Gasteiger partial charge is 0.127 e. The van der Waals surface area contributed by atoms with Gasteiger partial charge in [-0.25, -0.2) is 4.39 Å². The predicted octanol–water partition coefficient (Wildman–Crippen LogP) is 5.73. The molecule has 0 heterocycles. The topological polar surface area (TPSA) is 12.0 Å². The Bertz CT molecular complexity index is 472. The maximum Gasteiger partial charge on any atom is 0.127 e. The van der Waals surface area contributed by atoms with E-state index in [-0.39, 0.29) is 5.82 Å². The summed E-state index contributed by atoms with van der Waals surface area (Å²) >= 11 is 9.36. The number of benzene rings is 1. The molecule has 0 aliphatic heterocycles. The van der Waals surface area contributed by atoms with E-state index in [9.17, 15) is 4.39 Å². The van der Waals surface area contributed by atoms with Crippen molar-refractivity contribution in [2.45, 2.75) is 51.9 Å². The third-order valence-electron chi connectivity index (χ3n) is 4.76. The third-order valence-corrected chi connectivity index (χ3v) is 5.96. The Morgan fingerprint density at radius 1 is 1.29 bits per heavy atom. The van der Waals surface area contributed by atoms with Gasteiger partial charge in [0.15, 0.2) is 0 Å². The number of hydrogen-bond donors (Lipinski definition) is 1. The maximum absolute atomic E-state index is 14.0. The second-order valence-corrected chi connectivity index (χ2v) is 7.43. The number of nitrogens with one attached hydrogen (secondary N) is 1.